The molecule has 2 heterocycles. The quantitative estimate of drug-likeness (QED) is 0.217. The number of aromatic nitrogens is 1. The highest BCUT2D eigenvalue weighted by molar-refractivity contribution is 7.91. The standard InChI is InChI=1S/C39H47N5O9S/c1-7-26-21-39(26,36(47)43-54(49,50)28-17-18-28)42-33(45)31-20-27(22-44(31)35(46)32(23(2)51-6)41-37(48)53-38(3,4)5)52-34-29-16-12-11-15-25(29)19-30(40-34)24-13-9-8-10-14-24/h7-16,19,23,26-28,31-32H,1,17-18,20-22H2,2-6H3,(H,41,48)(H,42,45)(H,43,47)/t23-,26-,27+,31+,32-,39-/m0/s1. The molecule has 4 amide bonds. The van der Waals surface area contributed by atoms with E-state index in [2.05, 4.69) is 21.9 Å². The summed E-state index contributed by atoms with van der Waals surface area (Å²) >= 11 is 0. The Morgan fingerprint density at radius 3 is 2.37 bits per heavy atom. The first-order valence-corrected chi connectivity index (χ1v) is 19.5. The van der Waals surface area contributed by atoms with E-state index >= 15 is 0 Å². The van der Waals surface area contributed by atoms with Gasteiger partial charge in [0.1, 0.15) is 29.3 Å². The zero-order valence-corrected chi connectivity index (χ0v) is 31.9. The lowest BCUT2D eigenvalue weighted by Gasteiger charge is -2.32. The highest BCUT2D eigenvalue weighted by atomic mass is 32.2. The summed E-state index contributed by atoms with van der Waals surface area (Å²) < 4.78 is 45.1. The number of nitrogens with one attached hydrogen (secondary N) is 3. The molecule has 2 saturated carbocycles. The van der Waals surface area contributed by atoms with E-state index in [4.69, 9.17) is 19.2 Å². The number of benzene rings is 2. The van der Waals surface area contributed by atoms with Gasteiger partial charge in [0.25, 0.3) is 5.91 Å². The maximum atomic E-state index is 14.5. The number of carbonyl (C=O) groups excluding carboxylic acids is 4. The lowest BCUT2D eigenvalue weighted by Crippen LogP contribution is -2.60. The van der Waals surface area contributed by atoms with Crippen LogP contribution >= 0.6 is 0 Å². The van der Waals surface area contributed by atoms with Crippen molar-refractivity contribution in [1.29, 1.82) is 0 Å². The summed E-state index contributed by atoms with van der Waals surface area (Å²) in [6, 6.07) is 16.6. The predicted octanol–water partition coefficient (Wildman–Crippen LogP) is 3.85. The smallest absolute Gasteiger partial charge is 0.408 e. The fourth-order valence-electron chi connectivity index (χ4n) is 6.69. The van der Waals surface area contributed by atoms with Gasteiger partial charge in [0, 0.05) is 30.4 Å². The molecular formula is C39H47N5O9S. The van der Waals surface area contributed by atoms with E-state index in [1.165, 1.54) is 18.1 Å². The van der Waals surface area contributed by atoms with Crippen molar-refractivity contribution in [1.82, 2.24) is 25.2 Å². The van der Waals surface area contributed by atoms with Gasteiger partial charge in [-0.15, -0.1) is 6.58 Å². The van der Waals surface area contributed by atoms with Crippen LogP contribution in [0.1, 0.15) is 53.4 Å². The van der Waals surface area contributed by atoms with Gasteiger partial charge in [0.15, 0.2) is 0 Å². The number of ether oxygens (including phenoxy) is 3. The zero-order chi connectivity index (χ0) is 39.0. The van der Waals surface area contributed by atoms with E-state index in [0.29, 0.717) is 24.4 Å². The Morgan fingerprint density at radius 1 is 1.06 bits per heavy atom. The second-order valence-electron chi connectivity index (χ2n) is 15.1. The molecule has 0 unspecified atom stereocenters. The van der Waals surface area contributed by atoms with Crippen molar-refractivity contribution in [3.63, 3.8) is 0 Å². The maximum Gasteiger partial charge on any atom is 0.408 e. The molecule has 0 radical (unpaired) electrons. The molecule has 1 saturated heterocycles. The first-order chi connectivity index (χ1) is 25.5. The molecule has 2 aromatic carbocycles. The van der Waals surface area contributed by atoms with Crippen LogP contribution in [0.15, 0.2) is 73.3 Å². The van der Waals surface area contributed by atoms with Gasteiger partial charge in [-0.25, -0.2) is 18.2 Å². The van der Waals surface area contributed by atoms with Gasteiger partial charge in [-0.1, -0.05) is 54.6 Å². The van der Waals surface area contributed by atoms with Crippen LogP contribution in [0.2, 0.25) is 0 Å². The molecule has 3 aromatic rings. The zero-order valence-electron chi connectivity index (χ0n) is 31.0. The van der Waals surface area contributed by atoms with Crippen molar-refractivity contribution in [2.75, 3.05) is 13.7 Å². The van der Waals surface area contributed by atoms with Crippen LogP contribution in [0.4, 0.5) is 4.79 Å². The molecule has 0 spiro atoms. The van der Waals surface area contributed by atoms with Gasteiger partial charge in [-0.3, -0.25) is 19.1 Å². The maximum absolute atomic E-state index is 14.5. The molecule has 2 aliphatic carbocycles. The van der Waals surface area contributed by atoms with Crippen molar-refractivity contribution in [2.24, 2.45) is 5.92 Å². The number of fused-ring (bicyclic) bond motifs is 1. The summed E-state index contributed by atoms with van der Waals surface area (Å²) in [5.41, 5.74) is -0.907. The van der Waals surface area contributed by atoms with Gasteiger partial charge in [0.05, 0.1) is 23.6 Å². The van der Waals surface area contributed by atoms with Crippen molar-refractivity contribution < 1.29 is 41.8 Å². The third-order valence-electron chi connectivity index (χ3n) is 9.93. The molecule has 288 valence electrons. The molecule has 1 aromatic heterocycles. The molecule has 1 aliphatic heterocycles. The second-order valence-corrected chi connectivity index (χ2v) is 17.1. The molecule has 3 aliphatic rings. The average Bonchev–Trinajstić information content (AvgIpc) is 4.06. The summed E-state index contributed by atoms with van der Waals surface area (Å²) in [6.07, 6.45) is 0.0341. The molecule has 6 rings (SSSR count). The summed E-state index contributed by atoms with van der Waals surface area (Å²) in [4.78, 5) is 61.4. The number of rotatable bonds is 13. The molecule has 3 N–H and O–H groups in total. The van der Waals surface area contributed by atoms with Crippen LogP contribution in [0.5, 0.6) is 5.88 Å². The van der Waals surface area contributed by atoms with Crippen molar-refractivity contribution in [2.45, 2.75) is 94.1 Å². The first kappa shape index (κ1) is 38.7. The average molecular weight is 762 g/mol. The Labute approximate surface area is 315 Å². The van der Waals surface area contributed by atoms with E-state index < -0.39 is 80.4 Å². The molecule has 6 atom stereocenters. The van der Waals surface area contributed by atoms with E-state index in [1.807, 2.05) is 60.7 Å². The van der Waals surface area contributed by atoms with Crippen molar-refractivity contribution >= 4 is 44.6 Å². The topological polar surface area (TPSA) is 182 Å². The molecule has 3 fully saturated rings. The third kappa shape index (κ3) is 8.36. The molecule has 54 heavy (non-hydrogen) atoms. The van der Waals surface area contributed by atoms with Crippen LogP contribution in [-0.2, 0) is 33.9 Å². The van der Waals surface area contributed by atoms with Gasteiger partial charge in [-0.05, 0) is 64.5 Å². The van der Waals surface area contributed by atoms with Gasteiger partial charge < -0.3 is 29.7 Å². The number of hydrogen-bond donors (Lipinski definition) is 3. The number of amides is 4. The Balaban J connectivity index is 1.32. The number of carbonyl (C=O) groups is 4. The number of likely N-dealkylation sites (tertiary alicyclic amines) is 1. The van der Waals surface area contributed by atoms with Gasteiger partial charge >= 0.3 is 6.09 Å². The number of pyridine rings is 1. The highest BCUT2D eigenvalue weighted by Gasteiger charge is 2.62. The summed E-state index contributed by atoms with van der Waals surface area (Å²) in [6.45, 7) is 10.3. The summed E-state index contributed by atoms with van der Waals surface area (Å²) in [5.74, 6) is -2.45. The monoisotopic (exact) mass is 761 g/mol. The minimum Gasteiger partial charge on any atom is -0.472 e. The number of nitrogens with zero attached hydrogens (tertiary/aromatic N) is 2. The Bertz CT molecular complexity index is 2050. The molecule has 14 nitrogen and oxygen atoms in total. The Kier molecular flexibility index (Phi) is 10.8. The highest BCUT2D eigenvalue weighted by Crippen LogP contribution is 2.45. The summed E-state index contributed by atoms with van der Waals surface area (Å²) in [5, 5.41) is 6.32. The van der Waals surface area contributed by atoms with Crippen LogP contribution in [0.25, 0.3) is 22.0 Å². The van der Waals surface area contributed by atoms with Crippen molar-refractivity contribution in [3.05, 3.63) is 73.3 Å². The predicted molar refractivity (Wildman–Crippen MR) is 201 cm³/mol. The van der Waals surface area contributed by atoms with Crippen LogP contribution in [0, 0.1) is 5.92 Å². The van der Waals surface area contributed by atoms with E-state index in [9.17, 15) is 27.6 Å². The van der Waals surface area contributed by atoms with Crippen LogP contribution < -0.4 is 20.1 Å². The fraction of sp³-hybridized carbons (Fsp3) is 0.462. The van der Waals surface area contributed by atoms with E-state index in [-0.39, 0.29) is 19.4 Å². The SMILES string of the molecule is C=C[C@H]1C[C@@]1(NC(=O)[C@H]1C[C@@H](Oc2nc(-c3ccccc3)cc3ccccc23)CN1C(=O)[C@@H](NC(=O)OC(C)(C)C)[C@H](C)OC)C(=O)NS(=O)(=O)C1CC1. The minimum absolute atomic E-state index is 0.0134. The van der Waals surface area contributed by atoms with Gasteiger partial charge in [-0.2, -0.15) is 0 Å². The summed E-state index contributed by atoms with van der Waals surface area (Å²) in [7, 11) is -2.53. The second kappa shape index (κ2) is 15.0. The third-order valence-corrected chi connectivity index (χ3v) is 11.7. The van der Waals surface area contributed by atoms with E-state index in [1.54, 1.807) is 27.7 Å². The van der Waals surface area contributed by atoms with E-state index in [0.717, 1.165) is 16.3 Å². The number of sulfonamides is 1. The lowest BCUT2D eigenvalue weighted by atomic mass is 10.1. The number of alkyl carbamates (subject to hydrolysis) is 1. The first-order valence-electron chi connectivity index (χ1n) is 18.0. The van der Waals surface area contributed by atoms with Crippen LogP contribution in [0.3, 0.4) is 0 Å². The largest absolute Gasteiger partial charge is 0.472 e. The Morgan fingerprint density at radius 2 is 1.74 bits per heavy atom. The lowest BCUT2D eigenvalue weighted by molar-refractivity contribution is -0.143. The fourth-order valence-corrected chi connectivity index (χ4v) is 8.06. The number of methoxy groups -OCH3 is 1. The molecular weight excluding hydrogens is 715 g/mol. The molecule has 15 heteroatoms. The normalized spacial score (nSPS) is 23.5. The van der Waals surface area contributed by atoms with Crippen molar-refractivity contribution in [3.8, 4) is 17.1 Å². The molecule has 0 bridgehead atoms. The van der Waals surface area contributed by atoms with Crippen LogP contribution in [-0.4, -0.2) is 96.5 Å². The number of hydrogen-bond acceptors (Lipinski definition) is 10. The minimum atomic E-state index is -3.92. The Hall–Kier alpha value is -5.02. The van der Waals surface area contributed by atoms with Gasteiger partial charge in [0.2, 0.25) is 27.7 Å².